The topological polar surface area (TPSA) is 24.1 Å². The van der Waals surface area contributed by atoms with E-state index in [9.17, 15) is 0 Å². The zero-order chi connectivity index (χ0) is 34.4. The van der Waals surface area contributed by atoms with Crippen molar-refractivity contribution in [1.29, 1.82) is 0 Å². The van der Waals surface area contributed by atoms with Gasteiger partial charge in [-0.2, -0.15) is 0 Å². The van der Waals surface area contributed by atoms with Gasteiger partial charge in [0, 0.05) is 39.3 Å². The average molecular weight is 655 g/mol. The summed E-state index contributed by atoms with van der Waals surface area (Å²) in [4.78, 5) is 0. The molecule has 0 saturated carbocycles. The van der Waals surface area contributed by atoms with E-state index in [1.165, 1.54) is 55.3 Å². The number of fused-ring (bicyclic) bond motifs is 4. The van der Waals surface area contributed by atoms with Crippen molar-refractivity contribution >= 4 is 33.5 Å². The van der Waals surface area contributed by atoms with E-state index in [0.717, 1.165) is 33.9 Å². The molecule has 1 aliphatic carbocycles. The molecule has 8 aromatic carbocycles. The van der Waals surface area contributed by atoms with Crippen LogP contribution in [0.4, 0.5) is 22.7 Å². The number of anilines is 4. The summed E-state index contributed by atoms with van der Waals surface area (Å²) < 4.78 is 0. The Morgan fingerprint density at radius 1 is 0.333 bits per heavy atom. The molecule has 244 valence electrons. The van der Waals surface area contributed by atoms with Crippen molar-refractivity contribution in [3.63, 3.8) is 0 Å². The Morgan fingerprint density at radius 2 is 0.882 bits per heavy atom. The van der Waals surface area contributed by atoms with Crippen LogP contribution in [0.5, 0.6) is 0 Å². The van der Waals surface area contributed by atoms with Gasteiger partial charge in [0.15, 0.2) is 0 Å². The van der Waals surface area contributed by atoms with Crippen LogP contribution >= 0.6 is 0 Å². The summed E-state index contributed by atoms with van der Waals surface area (Å²) in [6, 6.07) is 65.6. The molecule has 0 aromatic heterocycles. The Bertz CT molecular complexity index is 2550. The Labute approximate surface area is 300 Å². The van der Waals surface area contributed by atoms with E-state index in [0.29, 0.717) is 0 Å². The van der Waals surface area contributed by atoms with Gasteiger partial charge < -0.3 is 10.6 Å². The van der Waals surface area contributed by atoms with Crippen molar-refractivity contribution in [1.82, 2.24) is 0 Å². The van der Waals surface area contributed by atoms with Gasteiger partial charge in [0.2, 0.25) is 0 Å². The van der Waals surface area contributed by atoms with Crippen LogP contribution in [0.2, 0.25) is 0 Å². The van der Waals surface area contributed by atoms with Gasteiger partial charge in [0.1, 0.15) is 0 Å². The molecule has 2 heteroatoms. The van der Waals surface area contributed by atoms with Crippen molar-refractivity contribution in [3.8, 4) is 44.5 Å². The van der Waals surface area contributed by atoms with Crippen molar-refractivity contribution in [2.75, 3.05) is 10.6 Å². The highest BCUT2D eigenvalue weighted by Crippen LogP contribution is 2.50. The minimum Gasteiger partial charge on any atom is -0.355 e. The zero-order valence-corrected chi connectivity index (χ0v) is 28.8. The van der Waals surface area contributed by atoms with Crippen molar-refractivity contribution in [2.24, 2.45) is 0 Å². The predicted molar refractivity (Wildman–Crippen MR) is 217 cm³/mol. The summed E-state index contributed by atoms with van der Waals surface area (Å²) in [7, 11) is 0. The third-order valence-electron chi connectivity index (χ3n) is 10.4. The van der Waals surface area contributed by atoms with Crippen molar-refractivity contribution in [3.05, 3.63) is 193 Å². The quantitative estimate of drug-likeness (QED) is 0.179. The predicted octanol–water partition coefficient (Wildman–Crippen LogP) is 13.6. The highest BCUT2D eigenvalue weighted by atomic mass is 14.9. The van der Waals surface area contributed by atoms with E-state index in [4.69, 9.17) is 0 Å². The molecule has 0 saturated heterocycles. The van der Waals surface area contributed by atoms with Crippen LogP contribution in [0.1, 0.15) is 25.0 Å². The molecule has 0 aliphatic heterocycles. The molecule has 0 unspecified atom stereocenters. The normalized spacial score (nSPS) is 12.7. The maximum absolute atomic E-state index is 3.74. The fourth-order valence-corrected chi connectivity index (χ4v) is 7.75. The maximum atomic E-state index is 3.74. The Morgan fingerprint density at radius 3 is 1.63 bits per heavy atom. The van der Waals surface area contributed by atoms with E-state index in [1.807, 2.05) is 0 Å². The molecule has 0 bridgehead atoms. The molecular formula is C49H38N2. The minimum absolute atomic E-state index is 0.0338. The maximum Gasteiger partial charge on any atom is 0.0464 e. The highest BCUT2D eigenvalue weighted by Gasteiger charge is 2.35. The summed E-state index contributed by atoms with van der Waals surface area (Å²) in [6.45, 7) is 4.67. The fourth-order valence-electron chi connectivity index (χ4n) is 7.75. The molecular weight excluding hydrogens is 617 g/mol. The average Bonchev–Trinajstić information content (AvgIpc) is 3.41. The van der Waals surface area contributed by atoms with Crippen molar-refractivity contribution < 1.29 is 0 Å². The number of hydrogen-bond acceptors (Lipinski definition) is 2. The monoisotopic (exact) mass is 654 g/mol. The Balaban J connectivity index is 1.16. The Hall–Kier alpha value is -6.38. The van der Waals surface area contributed by atoms with Crippen LogP contribution in [0, 0.1) is 0 Å². The standard InChI is InChI=1S/C49H38N2/c1-49(2)45-20-12-11-19-41(45)44-32-38(22-26-46(44)49)43-31-37(24-28-48(43)50-39-17-7-4-8-18-39)36-23-27-47(42(30-36)34-14-5-3-6-15-34)51-40-25-21-33-13-9-10-16-35(33)29-40/h3-32,50-51H,1-2H3. The van der Waals surface area contributed by atoms with Gasteiger partial charge in [-0.25, -0.2) is 0 Å². The van der Waals surface area contributed by atoms with Gasteiger partial charge in [0.25, 0.3) is 0 Å². The van der Waals surface area contributed by atoms with Crippen LogP contribution < -0.4 is 10.6 Å². The molecule has 2 nitrogen and oxygen atoms in total. The van der Waals surface area contributed by atoms with Gasteiger partial charge >= 0.3 is 0 Å². The van der Waals surface area contributed by atoms with Gasteiger partial charge in [0.05, 0.1) is 0 Å². The molecule has 2 N–H and O–H groups in total. The van der Waals surface area contributed by atoms with Crippen LogP contribution in [0.15, 0.2) is 182 Å². The van der Waals surface area contributed by atoms with Crippen LogP contribution in [0.3, 0.4) is 0 Å². The summed E-state index contributed by atoms with van der Waals surface area (Å²) in [5, 5.41) is 9.93. The molecule has 0 fully saturated rings. The molecule has 0 atom stereocenters. The van der Waals surface area contributed by atoms with Gasteiger partial charge in [-0.3, -0.25) is 0 Å². The van der Waals surface area contributed by atoms with Gasteiger partial charge in [-0.15, -0.1) is 0 Å². The molecule has 0 amide bonds. The Kier molecular flexibility index (Phi) is 7.51. The summed E-state index contributed by atoms with van der Waals surface area (Å²) in [5.41, 5.74) is 16.7. The first kappa shape index (κ1) is 30.7. The number of rotatable bonds is 7. The number of nitrogens with one attached hydrogen (secondary N) is 2. The SMILES string of the molecule is CC1(C)c2ccccc2-c2cc(-c3cc(-c4ccc(Nc5ccc6ccccc6c5)c(-c5ccccc5)c4)ccc3Nc3ccccc3)ccc21. The smallest absolute Gasteiger partial charge is 0.0464 e. The molecule has 0 heterocycles. The second-order valence-electron chi connectivity index (χ2n) is 14.0. The molecule has 51 heavy (non-hydrogen) atoms. The third kappa shape index (κ3) is 5.65. The first-order chi connectivity index (χ1) is 25.0. The first-order valence-corrected chi connectivity index (χ1v) is 17.7. The lowest BCUT2D eigenvalue weighted by Gasteiger charge is -2.22. The summed E-state index contributed by atoms with van der Waals surface area (Å²) >= 11 is 0. The molecule has 0 spiro atoms. The van der Waals surface area contributed by atoms with E-state index in [2.05, 4.69) is 206 Å². The molecule has 1 aliphatic rings. The fraction of sp³-hybridized carbons (Fsp3) is 0.0612. The largest absolute Gasteiger partial charge is 0.355 e. The van der Waals surface area contributed by atoms with Crippen molar-refractivity contribution in [2.45, 2.75) is 19.3 Å². The van der Waals surface area contributed by atoms with Gasteiger partial charge in [-0.1, -0.05) is 141 Å². The molecule has 0 radical (unpaired) electrons. The number of benzene rings is 8. The third-order valence-corrected chi connectivity index (χ3v) is 10.4. The summed E-state index contributed by atoms with van der Waals surface area (Å²) in [6.07, 6.45) is 0. The second-order valence-corrected chi connectivity index (χ2v) is 14.0. The zero-order valence-electron chi connectivity index (χ0n) is 28.8. The van der Waals surface area contributed by atoms with E-state index in [1.54, 1.807) is 0 Å². The summed E-state index contributed by atoms with van der Waals surface area (Å²) in [5.74, 6) is 0. The first-order valence-electron chi connectivity index (χ1n) is 17.7. The molecule has 8 aromatic rings. The second kappa shape index (κ2) is 12.5. The lowest BCUT2D eigenvalue weighted by molar-refractivity contribution is 0.660. The molecule has 9 rings (SSSR count). The van der Waals surface area contributed by atoms with Gasteiger partial charge in [-0.05, 0) is 110 Å². The lowest BCUT2D eigenvalue weighted by Crippen LogP contribution is -2.14. The highest BCUT2D eigenvalue weighted by molar-refractivity contribution is 5.93. The number of hydrogen-bond donors (Lipinski definition) is 2. The van der Waals surface area contributed by atoms with E-state index < -0.39 is 0 Å². The van der Waals surface area contributed by atoms with Crippen LogP contribution in [-0.4, -0.2) is 0 Å². The lowest BCUT2D eigenvalue weighted by atomic mass is 9.82. The number of para-hydroxylation sites is 1. The van der Waals surface area contributed by atoms with E-state index >= 15 is 0 Å². The van der Waals surface area contributed by atoms with Crippen LogP contribution in [-0.2, 0) is 5.41 Å². The van der Waals surface area contributed by atoms with E-state index in [-0.39, 0.29) is 5.41 Å². The van der Waals surface area contributed by atoms with Crippen LogP contribution in [0.25, 0.3) is 55.3 Å². The minimum atomic E-state index is -0.0338.